The zero-order valence-corrected chi connectivity index (χ0v) is 7.77. The summed E-state index contributed by atoms with van der Waals surface area (Å²) in [6.45, 7) is 1.67. The van der Waals surface area contributed by atoms with Crippen LogP contribution in [0.5, 0.6) is 0 Å². The van der Waals surface area contributed by atoms with Gasteiger partial charge in [0.15, 0.2) is 0 Å². The molecule has 0 radical (unpaired) electrons. The largest absolute Gasteiger partial charge is 0.330 e. The summed E-state index contributed by atoms with van der Waals surface area (Å²) in [7, 11) is 0. The van der Waals surface area contributed by atoms with E-state index in [1.807, 2.05) is 16.9 Å². The van der Waals surface area contributed by atoms with Gasteiger partial charge in [0, 0.05) is 18.9 Å². The van der Waals surface area contributed by atoms with Crippen molar-refractivity contribution in [1.82, 2.24) is 9.78 Å². The summed E-state index contributed by atoms with van der Waals surface area (Å²) in [4.78, 5) is 0. The van der Waals surface area contributed by atoms with Gasteiger partial charge in [-0.1, -0.05) is 0 Å². The molecular weight excluding hydrogens is 185 g/mol. The SMILES string of the molecule is Cl.Cl.NCCCn1cccn1. The summed E-state index contributed by atoms with van der Waals surface area (Å²) < 4.78 is 1.88. The van der Waals surface area contributed by atoms with Crippen molar-refractivity contribution in [1.29, 1.82) is 0 Å². The summed E-state index contributed by atoms with van der Waals surface area (Å²) in [5, 5.41) is 4.01. The molecule has 0 atom stereocenters. The standard InChI is InChI=1S/C6H11N3.2ClH/c7-3-1-5-9-6-2-4-8-9;;/h2,4,6H,1,3,5,7H2;2*1H. The molecule has 0 unspecified atom stereocenters. The first-order chi connectivity index (χ1) is 4.43. The summed E-state index contributed by atoms with van der Waals surface area (Å²) >= 11 is 0. The summed E-state index contributed by atoms with van der Waals surface area (Å²) in [6, 6.07) is 1.91. The van der Waals surface area contributed by atoms with Crippen molar-refractivity contribution in [3.8, 4) is 0 Å². The first-order valence-corrected chi connectivity index (χ1v) is 3.11. The highest BCUT2D eigenvalue weighted by molar-refractivity contribution is 5.85. The molecular formula is C6H13Cl2N3. The second-order valence-corrected chi connectivity index (χ2v) is 1.91. The van der Waals surface area contributed by atoms with E-state index >= 15 is 0 Å². The Morgan fingerprint density at radius 3 is 2.55 bits per heavy atom. The predicted molar refractivity (Wildman–Crippen MR) is 50.4 cm³/mol. The van der Waals surface area contributed by atoms with E-state index in [1.54, 1.807) is 6.20 Å². The Morgan fingerprint density at radius 1 is 1.36 bits per heavy atom. The highest BCUT2D eigenvalue weighted by Crippen LogP contribution is 1.85. The van der Waals surface area contributed by atoms with Crippen LogP contribution in [-0.4, -0.2) is 16.3 Å². The van der Waals surface area contributed by atoms with Crippen molar-refractivity contribution < 1.29 is 0 Å². The van der Waals surface area contributed by atoms with Gasteiger partial charge in [-0.2, -0.15) is 5.10 Å². The number of nitrogens with zero attached hydrogens (tertiary/aromatic N) is 2. The van der Waals surface area contributed by atoms with Crippen LogP contribution in [0.1, 0.15) is 6.42 Å². The highest BCUT2D eigenvalue weighted by atomic mass is 35.5. The van der Waals surface area contributed by atoms with E-state index < -0.39 is 0 Å². The lowest BCUT2D eigenvalue weighted by molar-refractivity contribution is 0.585. The number of nitrogens with two attached hydrogens (primary N) is 1. The van der Waals surface area contributed by atoms with Crippen LogP contribution in [0.3, 0.4) is 0 Å². The predicted octanol–water partition coefficient (Wildman–Crippen LogP) is 1.08. The minimum Gasteiger partial charge on any atom is -0.330 e. The Balaban J connectivity index is 0. The molecule has 1 heterocycles. The van der Waals surface area contributed by atoms with E-state index in [1.165, 1.54) is 0 Å². The lowest BCUT2D eigenvalue weighted by Crippen LogP contribution is -2.05. The Hall–Kier alpha value is -0.250. The molecule has 1 aromatic heterocycles. The Bertz CT molecular complexity index is 153. The average Bonchev–Trinajstić information content (AvgIpc) is 2.34. The van der Waals surface area contributed by atoms with Gasteiger partial charge in [-0.05, 0) is 19.0 Å². The summed E-state index contributed by atoms with van der Waals surface area (Å²) in [5.41, 5.74) is 5.30. The van der Waals surface area contributed by atoms with Crippen molar-refractivity contribution in [2.24, 2.45) is 5.73 Å². The van der Waals surface area contributed by atoms with Gasteiger partial charge in [0.05, 0.1) is 0 Å². The lowest BCUT2D eigenvalue weighted by atomic mass is 10.4. The topological polar surface area (TPSA) is 43.8 Å². The molecule has 0 aliphatic heterocycles. The molecule has 3 nitrogen and oxygen atoms in total. The molecule has 0 aliphatic rings. The van der Waals surface area contributed by atoms with Gasteiger partial charge >= 0.3 is 0 Å². The van der Waals surface area contributed by atoms with E-state index in [0.29, 0.717) is 0 Å². The van der Waals surface area contributed by atoms with E-state index in [4.69, 9.17) is 5.73 Å². The Kier molecular flexibility index (Phi) is 9.53. The second kappa shape index (κ2) is 7.85. The van der Waals surface area contributed by atoms with Gasteiger partial charge in [-0.15, -0.1) is 24.8 Å². The lowest BCUT2D eigenvalue weighted by Gasteiger charge is -1.96. The third kappa shape index (κ3) is 5.07. The summed E-state index contributed by atoms with van der Waals surface area (Å²) in [5.74, 6) is 0. The van der Waals surface area contributed by atoms with E-state index in [0.717, 1.165) is 19.5 Å². The van der Waals surface area contributed by atoms with E-state index in [-0.39, 0.29) is 24.8 Å². The number of hydrogen-bond donors (Lipinski definition) is 1. The summed E-state index contributed by atoms with van der Waals surface area (Å²) in [6.07, 6.45) is 4.72. The van der Waals surface area contributed by atoms with Crippen molar-refractivity contribution in [2.45, 2.75) is 13.0 Å². The van der Waals surface area contributed by atoms with Crippen LogP contribution in [0.15, 0.2) is 18.5 Å². The van der Waals surface area contributed by atoms with Gasteiger partial charge in [-0.3, -0.25) is 4.68 Å². The molecule has 1 aromatic rings. The normalized spacial score (nSPS) is 8.09. The molecule has 0 aromatic carbocycles. The smallest absolute Gasteiger partial charge is 0.0489 e. The monoisotopic (exact) mass is 197 g/mol. The maximum atomic E-state index is 5.30. The van der Waals surface area contributed by atoms with Crippen LogP contribution in [-0.2, 0) is 6.54 Å². The van der Waals surface area contributed by atoms with Gasteiger partial charge in [0.2, 0.25) is 0 Å². The van der Waals surface area contributed by atoms with Crippen molar-refractivity contribution in [2.75, 3.05) is 6.54 Å². The number of halogens is 2. The van der Waals surface area contributed by atoms with Crippen LogP contribution < -0.4 is 5.73 Å². The zero-order valence-electron chi connectivity index (χ0n) is 6.14. The van der Waals surface area contributed by atoms with Crippen LogP contribution in [0, 0.1) is 0 Å². The number of hydrogen-bond acceptors (Lipinski definition) is 2. The average molecular weight is 198 g/mol. The maximum absolute atomic E-state index is 5.30. The molecule has 0 spiro atoms. The fraction of sp³-hybridized carbons (Fsp3) is 0.500. The van der Waals surface area contributed by atoms with Gasteiger partial charge in [0.1, 0.15) is 0 Å². The molecule has 0 saturated carbocycles. The third-order valence-electron chi connectivity index (χ3n) is 1.15. The molecule has 2 N–H and O–H groups in total. The zero-order chi connectivity index (χ0) is 6.53. The van der Waals surface area contributed by atoms with Crippen LogP contribution in [0.25, 0.3) is 0 Å². The Labute approximate surface area is 78.8 Å². The minimum absolute atomic E-state index is 0. The highest BCUT2D eigenvalue weighted by Gasteiger charge is 1.85. The fourth-order valence-electron chi connectivity index (χ4n) is 0.686. The van der Waals surface area contributed by atoms with Crippen LogP contribution >= 0.6 is 24.8 Å². The third-order valence-corrected chi connectivity index (χ3v) is 1.15. The fourth-order valence-corrected chi connectivity index (χ4v) is 0.686. The van der Waals surface area contributed by atoms with Crippen molar-refractivity contribution >= 4 is 24.8 Å². The van der Waals surface area contributed by atoms with Gasteiger partial charge < -0.3 is 5.73 Å². The number of aryl methyl sites for hydroxylation is 1. The number of aromatic nitrogens is 2. The minimum atomic E-state index is 0. The first kappa shape index (κ1) is 13.3. The Morgan fingerprint density at radius 2 is 2.09 bits per heavy atom. The first-order valence-electron chi connectivity index (χ1n) is 3.11. The molecule has 0 aliphatic carbocycles. The molecule has 66 valence electrons. The van der Waals surface area contributed by atoms with Crippen molar-refractivity contribution in [3.05, 3.63) is 18.5 Å². The van der Waals surface area contributed by atoms with Gasteiger partial charge in [0.25, 0.3) is 0 Å². The van der Waals surface area contributed by atoms with Crippen molar-refractivity contribution in [3.63, 3.8) is 0 Å². The van der Waals surface area contributed by atoms with E-state index in [2.05, 4.69) is 5.10 Å². The molecule has 0 bridgehead atoms. The quantitative estimate of drug-likeness (QED) is 0.789. The molecule has 5 heteroatoms. The molecule has 1 rings (SSSR count). The number of rotatable bonds is 3. The molecule has 11 heavy (non-hydrogen) atoms. The molecule has 0 saturated heterocycles. The van der Waals surface area contributed by atoms with Crippen LogP contribution in [0.4, 0.5) is 0 Å². The van der Waals surface area contributed by atoms with E-state index in [9.17, 15) is 0 Å². The second-order valence-electron chi connectivity index (χ2n) is 1.91. The molecule has 0 amide bonds. The molecule has 0 fully saturated rings. The van der Waals surface area contributed by atoms with Gasteiger partial charge in [-0.25, -0.2) is 0 Å². The maximum Gasteiger partial charge on any atom is 0.0489 e. The van der Waals surface area contributed by atoms with Crippen LogP contribution in [0.2, 0.25) is 0 Å².